The average Bonchev–Trinajstić information content (AvgIpc) is 2.87. The maximum Gasteiger partial charge on any atom is 0.277 e. The van der Waals surface area contributed by atoms with Crippen LogP contribution >= 0.6 is 11.6 Å². The molecule has 0 aliphatic carbocycles. The number of nitrogens with one attached hydrogen (secondary N) is 1. The number of carbonyl (C=O) groups excluding carboxylic acids is 1. The Balaban J connectivity index is 1.80. The summed E-state index contributed by atoms with van der Waals surface area (Å²) in [4.78, 5) is 12.0. The van der Waals surface area contributed by atoms with Crippen molar-refractivity contribution in [1.82, 2.24) is 0 Å². The van der Waals surface area contributed by atoms with E-state index in [0.717, 1.165) is 0 Å². The second-order valence-electron chi connectivity index (χ2n) is 7.32. The topological polar surface area (TPSA) is 101 Å². The van der Waals surface area contributed by atoms with Crippen LogP contribution in [-0.2, 0) is 20.0 Å². The Labute approximate surface area is 208 Å². The normalized spacial score (nSPS) is 11.6. The molecule has 4 aromatic carbocycles. The third-order valence-corrected chi connectivity index (χ3v) is 9.44. The number of sulfonamides is 2. The zero-order chi connectivity index (χ0) is 25.1. The van der Waals surface area contributed by atoms with Crippen LogP contribution in [0.15, 0.2) is 119 Å². The summed E-state index contributed by atoms with van der Waals surface area (Å²) in [7, 11) is -9.18. The molecule has 4 aromatic rings. The Hall–Kier alpha value is -3.66. The van der Waals surface area contributed by atoms with Gasteiger partial charge < -0.3 is 5.32 Å². The molecule has 0 fully saturated rings. The van der Waals surface area contributed by atoms with Crippen LogP contribution in [0.4, 0.5) is 11.4 Å². The molecule has 0 spiro atoms. The monoisotopic (exact) mass is 526 g/mol. The van der Waals surface area contributed by atoms with E-state index in [1.165, 1.54) is 66.7 Å². The number of hydrogen-bond acceptors (Lipinski definition) is 5. The molecule has 0 aromatic heterocycles. The molecule has 0 heterocycles. The third kappa shape index (κ3) is 5.07. The van der Waals surface area contributed by atoms with Gasteiger partial charge >= 0.3 is 0 Å². The number of benzene rings is 4. The number of nitrogens with zero attached hydrogens (tertiary/aromatic N) is 1. The van der Waals surface area contributed by atoms with Gasteiger partial charge in [-0.2, -0.15) is 3.71 Å². The molecule has 35 heavy (non-hydrogen) atoms. The van der Waals surface area contributed by atoms with E-state index in [1.54, 1.807) is 42.5 Å². The molecule has 1 N–H and O–H groups in total. The molecule has 0 unspecified atom stereocenters. The Morgan fingerprint density at radius 2 is 1.11 bits per heavy atom. The summed E-state index contributed by atoms with van der Waals surface area (Å²) in [6.07, 6.45) is 0. The van der Waals surface area contributed by atoms with Crippen LogP contribution in [0.5, 0.6) is 0 Å². The molecular formula is C25H19ClN2O5S2. The molecule has 0 atom stereocenters. The highest BCUT2D eigenvalue weighted by molar-refractivity contribution is 8.10. The summed E-state index contributed by atoms with van der Waals surface area (Å²) in [5, 5.41) is 2.48. The molecule has 0 saturated heterocycles. The number of amides is 1. The van der Waals surface area contributed by atoms with Crippen LogP contribution in [0.1, 0.15) is 10.4 Å². The lowest BCUT2D eigenvalue weighted by Gasteiger charge is -2.25. The summed E-state index contributed by atoms with van der Waals surface area (Å²) in [5.41, 5.74) is 0.395. The van der Waals surface area contributed by atoms with Crippen molar-refractivity contribution in [2.75, 3.05) is 9.03 Å². The van der Waals surface area contributed by atoms with Gasteiger partial charge in [0.1, 0.15) is 0 Å². The number of rotatable bonds is 7. The van der Waals surface area contributed by atoms with Crippen LogP contribution < -0.4 is 9.03 Å². The molecule has 0 saturated carbocycles. The highest BCUT2D eigenvalue weighted by atomic mass is 35.5. The standard InChI is InChI=1S/C25H19ClN2O5S2/c26-23-18-20(27-25(29)19-10-4-1-5-11-19)16-17-24(23)28(34(30,31)21-12-6-2-7-13-21)35(32,33)22-14-8-3-9-15-22/h1-18H,(H,27,29). The van der Waals surface area contributed by atoms with Crippen molar-refractivity contribution >= 4 is 48.9 Å². The van der Waals surface area contributed by atoms with E-state index in [-0.39, 0.29) is 26.2 Å². The maximum absolute atomic E-state index is 13.6. The van der Waals surface area contributed by atoms with Gasteiger partial charge in [-0.3, -0.25) is 4.79 Å². The van der Waals surface area contributed by atoms with Crippen molar-refractivity contribution in [3.05, 3.63) is 120 Å². The highest BCUT2D eigenvalue weighted by Gasteiger charge is 2.38. The summed E-state index contributed by atoms with van der Waals surface area (Å²) >= 11 is 6.42. The van der Waals surface area contributed by atoms with Gasteiger partial charge in [-0.05, 0) is 54.6 Å². The highest BCUT2D eigenvalue weighted by Crippen LogP contribution is 2.37. The quantitative estimate of drug-likeness (QED) is 0.358. The van der Waals surface area contributed by atoms with E-state index >= 15 is 0 Å². The summed E-state index contributed by atoms with van der Waals surface area (Å²) < 4.78 is 54.6. The molecule has 0 aliphatic heterocycles. The molecule has 0 bridgehead atoms. The predicted octanol–water partition coefficient (Wildman–Crippen LogP) is 5.18. The van der Waals surface area contributed by atoms with E-state index in [0.29, 0.717) is 9.27 Å². The first-order chi connectivity index (χ1) is 16.7. The lowest BCUT2D eigenvalue weighted by molar-refractivity contribution is 0.102. The van der Waals surface area contributed by atoms with E-state index in [9.17, 15) is 21.6 Å². The van der Waals surface area contributed by atoms with Crippen LogP contribution in [0.25, 0.3) is 0 Å². The van der Waals surface area contributed by atoms with Crippen LogP contribution in [0.2, 0.25) is 5.02 Å². The lowest BCUT2D eigenvalue weighted by atomic mass is 10.2. The number of anilines is 2. The minimum Gasteiger partial charge on any atom is -0.322 e. The Kier molecular flexibility index (Phi) is 6.93. The first-order valence-electron chi connectivity index (χ1n) is 10.3. The van der Waals surface area contributed by atoms with Gasteiger partial charge in [0, 0.05) is 11.3 Å². The van der Waals surface area contributed by atoms with Gasteiger partial charge in [0.15, 0.2) is 0 Å². The largest absolute Gasteiger partial charge is 0.322 e. The molecule has 7 nitrogen and oxygen atoms in total. The van der Waals surface area contributed by atoms with E-state index < -0.39 is 26.0 Å². The SMILES string of the molecule is O=C(Nc1ccc(N(S(=O)(=O)c2ccccc2)S(=O)(=O)c2ccccc2)c(Cl)c1)c1ccccc1. The van der Waals surface area contributed by atoms with E-state index in [4.69, 9.17) is 11.6 Å². The predicted molar refractivity (Wildman–Crippen MR) is 136 cm³/mol. The van der Waals surface area contributed by atoms with E-state index in [1.807, 2.05) is 0 Å². The second kappa shape index (κ2) is 9.91. The minimum atomic E-state index is -4.59. The summed E-state index contributed by atoms with van der Waals surface area (Å²) in [5.74, 6) is -0.403. The minimum absolute atomic E-state index is 0.185. The van der Waals surface area contributed by atoms with Gasteiger partial charge in [-0.1, -0.05) is 66.2 Å². The lowest BCUT2D eigenvalue weighted by Crippen LogP contribution is -2.37. The maximum atomic E-state index is 13.6. The Bertz CT molecular complexity index is 1490. The first-order valence-corrected chi connectivity index (χ1v) is 13.5. The van der Waals surface area contributed by atoms with Gasteiger partial charge in [0.2, 0.25) is 0 Å². The molecule has 0 aliphatic rings. The fourth-order valence-electron chi connectivity index (χ4n) is 3.29. The Morgan fingerprint density at radius 3 is 1.57 bits per heavy atom. The van der Waals surface area contributed by atoms with Crippen LogP contribution in [0, 0.1) is 0 Å². The first kappa shape index (κ1) is 24.5. The molecule has 1 amide bonds. The fraction of sp³-hybridized carbons (Fsp3) is 0. The summed E-state index contributed by atoms with van der Waals surface area (Å²) in [6.45, 7) is 0. The number of halogens is 1. The van der Waals surface area contributed by atoms with Gasteiger partial charge in [0.05, 0.1) is 20.5 Å². The van der Waals surface area contributed by atoms with Crippen molar-refractivity contribution in [2.45, 2.75) is 9.79 Å². The van der Waals surface area contributed by atoms with Crippen molar-refractivity contribution in [2.24, 2.45) is 0 Å². The van der Waals surface area contributed by atoms with Gasteiger partial charge in [-0.25, -0.2) is 16.8 Å². The van der Waals surface area contributed by atoms with E-state index in [2.05, 4.69) is 5.32 Å². The molecular weight excluding hydrogens is 508 g/mol. The van der Waals surface area contributed by atoms with Crippen molar-refractivity contribution < 1.29 is 21.6 Å². The molecule has 0 radical (unpaired) electrons. The van der Waals surface area contributed by atoms with Crippen molar-refractivity contribution in [3.63, 3.8) is 0 Å². The average molecular weight is 527 g/mol. The van der Waals surface area contributed by atoms with Crippen molar-refractivity contribution in [3.8, 4) is 0 Å². The molecule has 4 rings (SSSR count). The number of carbonyl (C=O) groups is 1. The smallest absolute Gasteiger partial charge is 0.277 e. The zero-order valence-corrected chi connectivity index (χ0v) is 20.5. The van der Waals surface area contributed by atoms with Crippen molar-refractivity contribution in [1.29, 1.82) is 0 Å². The summed E-state index contributed by atoms with van der Waals surface area (Å²) in [6, 6.07) is 26.8. The number of hydrogen-bond donors (Lipinski definition) is 1. The molecule has 178 valence electrons. The molecule has 10 heteroatoms. The van der Waals surface area contributed by atoms with Gasteiger partial charge in [0.25, 0.3) is 26.0 Å². The fourth-order valence-corrected chi connectivity index (χ4v) is 7.43. The van der Waals surface area contributed by atoms with Crippen LogP contribution in [-0.4, -0.2) is 22.7 Å². The Morgan fingerprint density at radius 1 is 0.657 bits per heavy atom. The third-order valence-electron chi connectivity index (χ3n) is 4.96. The van der Waals surface area contributed by atoms with Gasteiger partial charge in [-0.15, -0.1) is 0 Å². The zero-order valence-electron chi connectivity index (χ0n) is 18.1. The van der Waals surface area contributed by atoms with Crippen LogP contribution in [0.3, 0.4) is 0 Å². The second-order valence-corrected chi connectivity index (χ2v) is 11.5.